The summed E-state index contributed by atoms with van der Waals surface area (Å²) in [5, 5.41) is 0. The molecule has 1 N–H and O–H groups in total. The minimum Gasteiger partial charge on any atom is -0.357 e. The van der Waals surface area contributed by atoms with Crippen molar-refractivity contribution in [1.82, 2.24) is 4.57 Å². The van der Waals surface area contributed by atoms with Gasteiger partial charge in [-0.05, 0) is 18.1 Å². The average Bonchev–Trinajstić information content (AvgIpc) is 2.49. The molecule has 0 amide bonds. The van der Waals surface area contributed by atoms with Crippen molar-refractivity contribution in [2.45, 2.75) is 25.3 Å². The first-order chi connectivity index (χ1) is 7.58. The van der Waals surface area contributed by atoms with E-state index >= 15 is 0 Å². The van der Waals surface area contributed by atoms with E-state index in [9.17, 15) is 13.2 Å². The average molecular weight is 273 g/mol. The topological polar surface area (TPSA) is 59.3 Å². The first-order valence-electron chi connectivity index (χ1n) is 4.72. The summed E-state index contributed by atoms with van der Waals surface area (Å²) in [7, 11) is -3.79. The SMILES string of the molecule is CCCc1ccn(C)c1.O=S(=O)(O)C(F)(F)F. The normalized spacial score (nSPS) is 11.9. The summed E-state index contributed by atoms with van der Waals surface area (Å²) in [6, 6.07) is 2.17. The Balaban J connectivity index is 0.000000304. The van der Waals surface area contributed by atoms with Crippen LogP contribution >= 0.6 is 0 Å². The third-order valence-electron chi connectivity index (χ3n) is 1.72. The van der Waals surface area contributed by atoms with Crippen LogP contribution in [0.2, 0.25) is 0 Å². The van der Waals surface area contributed by atoms with Gasteiger partial charge in [-0.2, -0.15) is 21.6 Å². The molecule has 4 nitrogen and oxygen atoms in total. The van der Waals surface area contributed by atoms with Gasteiger partial charge in [-0.3, -0.25) is 4.55 Å². The molecule has 100 valence electrons. The molecule has 0 aliphatic heterocycles. The summed E-state index contributed by atoms with van der Waals surface area (Å²) in [5.74, 6) is 0. The van der Waals surface area contributed by atoms with Crippen LogP contribution in [0.3, 0.4) is 0 Å². The fraction of sp³-hybridized carbons (Fsp3) is 0.556. The monoisotopic (exact) mass is 273 g/mol. The molecule has 1 rings (SSSR count). The maximum atomic E-state index is 10.7. The summed E-state index contributed by atoms with van der Waals surface area (Å²) in [5.41, 5.74) is -4.09. The molecule has 1 aromatic heterocycles. The van der Waals surface area contributed by atoms with E-state index in [-0.39, 0.29) is 0 Å². The minimum atomic E-state index is -5.84. The van der Waals surface area contributed by atoms with Gasteiger partial charge in [0, 0.05) is 19.4 Å². The van der Waals surface area contributed by atoms with Crippen LogP contribution in [-0.4, -0.2) is 23.0 Å². The van der Waals surface area contributed by atoms with Gasteiger partial charge < -0.3 is 4.57 Å². The lowest BCUT2D eigenvalue weighted by Gasteiger charge is -1.97. The van der Waals surface area contributed by atoms with Crippen molar-refractivity contribution in [1.29, 1.82) is 0 Å². The van der Waals surface area contributed by atoms with Crippen molar-refractivity contribution >= 4 is 10.1 Å². The predicted octanol–water partition coefficient (Wildman–Crippen LogP) is 2.37. The van der Waals surface area contributed by atoms with Crippen LogP contribution < -0.4 is 0 Å². The highest BCUT2D eigenvalue weighted by molar-refractivity contribution is 7.86. The zero-order valence-electron chi connectivity index (χ0n) is 9.40. The summed E-state index contributed by atoms with van der Waals surface area (Å²) in [4.78, 5) is 0. The largest absolute Gasteiger partial charge is 0.522 e. The molecule has 0 unspecified atom stereocenters. The third-order valence-corrected chi connectivity index (χ3v) is 2.31. The van der Waals surface area contributed by atoms with E-state index in [0.717, 1.165) is 0 Å². The summed E-state index contributed by atoms with van der Waals surface area (Å²) in [6.07, 6.45) is 6.71. The predicted molar refractivity (Wildman–Crippen MR) is 57.0 cm³/mol. The van der Waals surface area contributed by atoms with E-state index < -0.39 is 15.6 Å². The molecule has 0 spiro atoms. The number of rotatable bonds is 2. The Bertz CT molecular complexity index is 437. The molecule has 0 atom stereocenters. The quantitative estimate of drug-likeness (QED) is 0.664. The van der Waals surface area contributed by atoms with Crippen LogP contribution in [0.4, 0.5) is 13.2 Å². The lowest BCUT2D eigenvalue weighted by molar-refractivity contribution is -0.0510. The van der Waals surface area contributed by atoms with Crippen molar-refractivity contribution in [2.75, 3.05) is 0 Å². The van der Waals surface area contributed by atoms with E-state index in [4.69, 9.17) is 13.0 Å². The first-order valence-corrected chi connectivity index (χ1v) is 6.16. The number of halogens is 3. The van der Waals surface area contributed by atoms with Crippen molar-refractivity contribution in [3.05, 3.63) is 24.0 Å². The maximum absolute atomic E-state index is 10.7. The second-order valence-corrected chi connectivity index (χ2v) is 4.77. The van der Waals surface area contributed by atoms with Gasteiger partial charge >= 0.3 is 15.6 Å². The molecule has 0 saturated carbocycles. The molecule has 0 fully saturated rings. The molecule has 0 bridgehead atoms. The summed E-state index contributed by atoms with van der Waals surface area (Å²) >= 11 is 0. The minimum absolute atomic E-state index is 1.21. The van der Waals surface area contributed by atoms with Gasteiger partial charge in [0.05, 0.1) is 0 Å². The van der Waals surface area contributed by atoms with Crippen molar-refractivity contribution < 1.29 is 26.1 Å². The Hall–Kier alpha value is -1.02. The molecular formula is C9H14F3NO3S. The second-order valence-electron chi connectivity index (χ2n) is 3.36. The summed E-state index contributed by atoms with van der Waals surface area (Å²) < 4.78 is 59.6. The van der Waals surface area contributed by atoms with Gasteiger partial charge in [0.2, 0.25) is 0 Å². The highest BCUT2D eigenvalue weighted by Crippen LogP contribution is 2.20. The lowest BCUT2D eigenvalue weighted by Crippen LogP contribution is -2.21. The molecule has 17 heavy (non-hydrogen) atoms. The van der Waals surface area contributed by atoms with E-state index in [2.05, 4.69) is 37.0 Å². The Kier molecular flexibility index (Phi) is 5.70. The number of alkyl halides is 3. The zero-order chi connectivity index (χ0) is 13.7. The standard InChI is InChI=1S/C8H13N.CHF3O3S/c1-3-4-8-5-6-9(2)7-8;2-1(3,4)8(5,6)7/h5-7H,3-4H2,1-2H3;(H,5,6,7). The fourth-order valence-corrected chi connectivity index (χ4v) is 0.997. The van der Waals surface area contributed by atoms with E-state index in [1.807, 2.05) is 0 Å². The molecule has 0 aromatic carbocycles. The van der Waals surface area contributed by atoms with Crippen LogP contribution in [0, 0.1) is 0 Å². The number of hydrogen-bond acceptors (Lipinski definition) is 2. The summed E-state index contributed by atoms with van der Waals surface area (Å²) in [6.45, 7) is 2.20. The molecule has 0 saturated heterocycles. The Morgan fingerprint density at radius 1 is 1.41 bits per heavy atom. The van der Waals surface area contributed by atoms with Crippen molar-refractivity contribution in [3.63, 3.8) is 0 Å². The molecule has 1 heterocycles. The molecule has 0 aliphatic carbocycles. The Morgan fingerprint density at radius 3 is 2.12 bits per heavy atom. The maximum Gasteiger partial charge on any atom is 0.522 e. The van der Waals surface area contributed by atoms with Crippen molar-refractivity contribution in [3.8, 4) is 0 Å². The number of hydrogen-bond donors (Lipinski definition) is 1. The van der Waals surface area contributed by atoms with Gasteiger partial charge in [-0.1, -0.05) is 13.3 Å². The van der Waals surface area contributed by atoms with Crippen LogP contribution in [0.5, 0.6) is 0 Å². The van der Waals surface area contributed by atoms with Gasteiger partial charge in [-0.15, -0.1) is 0 Å². The highest BCUT2D eigenvalue weighted by Gasteiger charge is 2.44. The van der Waals surface area contributed by atoms with Crippen LogP contribution in [-0.2, 0) is 23.6 Å². The van der Waals surface area contributed by atoms with Crippen LogP contribution in [0.15, 0.2) is 18.5 Å². The van der Waals surface area contributed by atoms with E-state index in [1.54, 1.807) is 0 Å². The van der Waals surface area contributed by atoms with Crippen molar-refractivity contribution in [2.24, 2.45) is 7.05 Å². The van der Waals surface area contributed by atoms with E-state index in [1.165, 1.54) is 18.4 Å². The number of aromatic nitrogens is 1. The third kappa shape index (κ3) is 6.32. The van der Waals surface area contributed by atoms with Gasteiger partial charge in [0.25, 0.3) is 0 Å². The van der Waals surface area contributed by atoms with Gasteiger partial charge in [0.15, 0.2) is 0 Å². The molecule has 8 heteroatoms. The number of aryl methyl sites for hydroxylation is 2. The van der Waals surface area contributed by atoms with Crippen LogP contribution in [0.25, 0.3) is 0 Å². The van der Waals surface area contributed by atoms with Gasteiger partial charge in [-0.25, -0.2) is 0 Å². The molecular weight excluding hydrogens is 259 g/mol. The Labute approximate surface area is 97.8 Å². The molecule has 0 radical (unpaired) electrons. The number of nitrogens with zero attached hydrogens (tertiary/aromatic N) is 1. The fourth-order valence-electron chi connectivity index (χ4n) is 0.997. The lowest BCUT2D eigenvalue weighted by atomic mass is 10.2. The molecule has 0 aliphatic rings. The smallest absolute Gasteiger partial charge is 0.357 e. The second kappa shape index (κ2) is 6.06. The highest BCUT2D eigenvalue weighted by atomic mass is 32.2. The first kappa shape index (κ1) is 16.0. The van der Waals surface area contributed by atoms with Gasteiger partial charge in [0.1, 0.15) is 0 Å². The Morgan fingerprint density at radius 2 is 1.88 bits per heavy atom. The van der Waals surface area contributed by atoms with E-state index in [0.29, 0.717) is 0 Å². The van der Waals surface area contributed by atoms with Crippen LogP contribution in [0.1, 0.15) is 18.9 Å². The molecule has 1 aromatic rings. The zero-order valence-corrected chi connectivity index (χ0v) is 10.2.